The minimum absolute atomic E-state index is 0.222. The monoisotopic (exact) mass is 253 g/mol. The van der Waals surface area contributed by atoms with Gasteiger partial charge in [0.05, 0.1) is 12.1 Å². The van der Waals surface area contributed by atoms with Gasteiger partial charge in [0.1, 0.15) is 0 Å². The van der Waals surface area contributed by atoms with E-state index in [1.54, 1.807) is 7.11 Å². The SMILES string of the molecule is COC(C)CNC1c2ccccc2-c2ccccc21. The quantitative estimate of drug-likeness (QED) is 0.902. The van der Waals surface area contributed by atoms with Gasteiger partial charge in [-0.3, -0.25) is 0 Å². The van der Waals surface area contributed by atoms with Crippen LogP contribution >= 0.6 is 0 Å². The molecule has 1 N–H and O–H groups in total. The predicted octanol–water partition coefficient (Wildman–Crippen LogP) is 3.38. The first kappa shape index (κ1) is 12.4. The first-order valence-electron chi connectivity index (χ1n) is 6.75. The van der Waals surface area contributed by atoms with E-state index in [9.17, 15) is 0 Å². The number of rotatable bonds is 4. The van der Waals surface area contributed by atoms with Gasteiger partial charge in [-0.15, -0.1) is 0 Å². The smallest absolute Gasteiger partial charge is 0.0667 e. The van der Waals surface area contributed by atoms with Gasteiger partial charge in [0.25, 0.3) is 0 Å². The molecule has 2 aromatic carbocycles. The molecule has 2 nitrogen and oxygen atoms in total. The van der Waals surface area contributed by atoms with Crippen molar-refractivity contribution in [3.8, 4) is 11.1 Å². The van der Waals surface area contributed by atoms with Crippen molar-refractivity contribution in [3.63, 3.8) is 0 Å². The van der Waals surface area contributed by atoms with Gasteiger partial charge in [-0.2, -0.15) is 0 Å². The van der Waals surface area contributed by atoms with Crippen molar-refractivity contribution < 1.29 is 4.74 Å². The molecule has 19 heavy (non-hydrogen) atoms. The summed E-state index contributed by atoms with van der Waals surface area (Å²) in [5, 5.41) is 3.62. The zero-order chi connectivity index (χ0) is 13.2. The molecule has 2 aromatic rings. The highest BCUT2D eigenvalue weighted by Gasteiger charge is 2.27. The lowest BCUT2D eigenvalue weighted by atomic mass is 10.1. The lowest BCUT2D eigenvalue weighted by Gasteiger charge is -2.18. The molecule has 1 atom stereocenters. The third kappa shape index (κ3) is 2.18. The first-order chi connectivity index (χ1) is 9.31. The van der Waals surface area contributed by atoms with Crippen LogP contribution in [-0.2, 0) is 4.74 Å². The zero-order valence-corrected chi connectivity index (χ0v) is 11.4. The van der Waals surface area contributed by atoms with Crippen LogP contribution in [0.2, 0.25) is 0 Å². The molecule has 0 fully saturated rings. The second-order valence-corrected chi connectivity index (χ2v) is 5.06. The van der Waals surface area contributed by atoms with Crippen LogP contribution in [0.4, 0.5) is 0 Å². The fourth-order valence-corrected chi connectivity index (χ4v) is 2.74. The highest BCUT2D eigenvalue weighted by Crippen LogP contribution is 2.42. The van der Waals surface area contributed by atoms with E-state index in [2.05, 4.69) is 60.8 Å². The van der Waals surface area contributed by atoms with E-state index in [4.69, 9.17) is 4.74 Å². The Morgan fingerprint density at radius 3 is 2.05 bits per heavy atom. The number of hydrogen-bond acceptors (Lipinski definition) is 2. The van der Waals surface area contributed by atoms with Crippen molar-refractivity contribution in [1.82, 2.24) is 5.32 Å². The Morgan fingerprint density at radius 1 is 1.00 bits per heavy atom. The molecule has 0 saturated carbocycles. The maximum atomic E-state index is 5.32. The lowest BCUT2D eigenvalue weighted by Crippen LogP contribution is -2.29. The number of nitrogens with one attached hydrogen (secondary N) is 1. The van der Waals surface area contributed by atoms with E-state index < -0.39 is 0 Å². The molecule has 1 unspecified atom stereocenters. The summed E-state index contributed by atoms with van der Waals surface area (Å²) in [6.07, 6.45) is 0.222. The van der Waals surface area contributed by atoms with Crippen LogP contribution < -0.4 is 5.32 Å². The minimum Gasteiger partial charge on any atom is -0.380 e. The fraction of sp³-hybridized carbons (Fsp3) is 0.294. The van der Waals surface area contributed by atoms with Crippen LogP contribution in [0.3, 0.4) is 0 Å². The van der Waals surface area contributed by atoms with E-state index in [1.165, 1.54) is 22.3 Å². The van der Waals surface area contributed by atoms with E-state index in [1.807, 2.05) is 0 Å². The van der Waals surface area contributed by atoms with Gasteiger partial charge in [0.2, 0.25) is 0 Å². The molecule has 0 aliphatic heterocycles. The molecule has 2 heteroatoms. The molecule has 0 saturated heterocycles. The Morgan fingerprint density at radius 2 is 1.53 bits per heavy atom. The first-order valence-corrected chi connectivity index (χ1v) is 6.75. The van der Waals surface area contributed by atoms with Crippen LogP contribution in [0.15, 0.2) is 48.5 Å². The molecule has 98 valence electrons. The van der Waals surface area contributed by atoms with Crippen LogP contribution in [0.1, 0.15) is 24.1 Å². The molecule has 0 spiro atoms. The second kappa shape index (κ2) is 5.16. The normalized spacial score (nSPS) is 15.1. The summed E-state index contributed by atoms with van der Waals surface area (Å²) in [6.45, 7) is 2.93. The standard InChI is InChI=1S/C17H19NO/c1-12(19-2)11-18-17-15-9-5-3-7-13(15)14-8-4-6-10-16(14)17/h3-10,12,17-18H,11H2,1-2H3. The number of benzene rings is 2. The molecule has 1 aliphatic carbocycles. The van der Waals surface area contributed by atoms with Crippen molar-refractivity contribution in [2.45, 2.75) is 19.1 Å². The Hall–Kier alpha value is -1.64. The summed E-state index contributed by atoms with van der Waals surface area (Å²) in [7, 11) is 1.75. The summed E-state index contributed by atoms with van der Waals surface area (Å²) in [4.78, 5) is 0. The maximum Gasteiger partial charge on any atom is 0.0667 e. The topological polar surface area (TPSA) is 21.3 Å². The molecule has 0 radical (unpaired) electrons. The molecule has 0 heterocycles. The van der Waals surface area contributed by atoms with Crippen LogP contribution in [0.25, 0.3) is 11.1 Å². The molecule has 1 aliphatic rings. The van der Waals surface area contributed by atoms with Crippen LogP contribution in [0, 0.1) is 0 Å². The van der Waals surface area contributed by atoms with Crippen molar-refractivity contribution in [2.75, 3.05) is 13.7 Å². The van der Waals surface area contributed by atoms with Gasteiger partial charge < -0.3 is 10.1 Å². The average molecular weight is 253 g/mol. The van der Waals surface area contributed by atoms with Gasteiger partial charge in [0.15, 0.2) is 0 Å². The molecule has 3 rings (SSSR count). The molecular formula is C17H19NO. The number of ether oxygens (including phenoxy) is 1. The largest absolute Gasteiger partial charge is 0.380 e. The fourth-order valence-electron chi connectivity index (χ4n) is 2.74. The molecular weight excluding hydrogens is 234 g/mol. The third-order valence-electron chi connectivity index (χ3n) is 3.85. The minimum atomic E-state index is 0.222. The van der Waals surface area contributed by atoms with Gasteiger partial charge in [-0.05, 0) is 29.2 Å². The Balaban J connectivity index is 1.96. The second-order valence-electron chi connectivity index (χ2n) is 5.06. The van der Waals surface area contributed by atoms with Gasteiger partial charge >= 0.3 is 0 Å². The third-order valence-corrected chi connectivity index (χ3v) is 3.85. The Kier molecular flexibility index (Phi) is 3.36. The summed E-state index contributed by atoms with van der Waals surface area (Å²) in [5.74, 6) is 0. The summed E-state index contributed by atoms with van der Waals surface area (Å²) >= 11 is 0. The molecule has 0 amide bonds. The highest BCUT2D eigenvalue weighted by molar-refractivity contribution is 5.78. The highest BCUT2D eigenvalue weighted by atomic mass is 16.5. The molecule has 0 aromatic heterocycles. The number of hydrogen-bond donors (Lipinski definition) is 1. The van der Waals surface area contributed by atoms with E-state index in [0.29, 0.717) is 0 Å². The van der Waals surface area contributed by atoms with Crippen LogP contribution in [0.5, 0.6) is 0 Å². The number of fused-ring (bicyclic) bond motifs is 3. The predicted molar refractivity (Wildman–Crippen MR) is 78.2 cm³/mol. The average Bonchev–Trinajstić information content (AvgIpc) is 2.79. The van der Waals surface area contributed by atoms with Crippen molar-refractivity contribution in [3.05, 3.63) is 59.7 Å². The zero-order valence-electron chi connectivity index (χ0n) is 11.4. The van der Waals surface area contributed by atoms with Gasteiger partial charge in [0, 0.05) is 13.7 Å². The summed E-state index contributed by atoms with van der Waals surface area (Å²) < 4.78 is 5.32. The van der Waals surface area contributed by atoms with Crippen molar-refractivity contribution in [2.24, 2.45) is 0 Å². The van der Waals surface area contributed by atoms with E-state index in [0.717, 1.165) is 6.54 Å². The van der Waals surface area contributed by atoms with Crippen LogP contribution in [-0.4, -0.2) is 19.8 Å². The summed E-state index contributed by atoms with van der Waals surface area (Å²) in [5.41, 5.74) is 5.43. The molecule has 0 bridgehead atoms. The van der Waals surface area contributed by atoms with Gasteiger partial charge in [-0.25, -0.2) is 0 Å². The number of methoxy groups -OCH3 is 1. The van der Waals surface area contributed by atoms with E-state index >= 15 is 0 Å². The van der Waals surface area contributed by atoms with Crippen molar-refractivity contribution >= 4 is 0 Å². The van der Waals surface area contributed by atoms with E-state index in [-0.39, 0.29) is 12.1 Å². The van der Waals surface area contributed by atoms with Crippen molar-refractivity contribution in [1.29, 1.82) is 0 Å². The maximum absolute atomic E-state index is 5.32. The Labute approximate surface area is 114 Å². The summed E-state index contributed by atoms with van der Waals surface area (Å²) in [6, 6.07) is 17.6. The Bertz CT molecular complexity index is 533. The van der Waals surface area contributed by atoms with Gasteiger partial charge in [-0.1, -0.05) is 48.5 Å². The lowest BCUT2D eigenvalue weighted by molar-refractivity contribution is 0.115.